The number of carbonyl (C=O) groups is 1. The molecule has 0 radical (unpaired) electrons. The molecule has 0 aliphatic heterocycles. The molecule has 2 heterocycles. The molecule has 29 heavy (non-hydrogen) atoms. The number of thiazole rings is 2. The maximum Gasteiger partial charge on any atom is 0.232 e. The van der Waals surface area contributed by atoms with Crippen LogP contribution in [0.25, 0.3) is 20.8 Å². The second-order valence-electron chi connectivity index (χ2n) is 6.18. The van der Waals surface area contributed by atoms with Gasteiger partial charge in [-0.2, -0.15) is 0 Å². The molecule has 0 unspecified atom stereocenters. The minimum atomic E-state index is -0.138. The van der Waals surface area contributed by atoms with Crippen LogP contribution in [0.3, 0.4) is 0 Å². The number of ether oxygens (including phenoxy) is 2. The molecular formula is C21H19N3O3S2. The van der Waals surface area contributed by atoms with E-state index in [1.165, 1.54) is 22.7 Å². The molecule has 0 spiro atoms. The fraction of sp³-hybridized carbons (Fsp3) is 0.190. The highest BCUT2D eigenvalue weighted by Crippen LogP contribution is 2.30. The predicted octanol–water partition coefficient (Wildman–Crippen LogP) is 5.01. The average molecular weight is 426 g/mol. The minimum Gasteiger partial charge on any atom is -0.497 e. The van der Waals surface area contributed by atoms with E-state index in [0.29, 0.717) is 11.7 Å². The van der Waals surface area contributed by atoms with Crippen LogP contribution >= 0.6 is 22.7 Å². The molecule has 4 rings (SSSR count). The van der Waals surface area contributed by atoms with E-state index in [4.69, 9.17) is 9.47 Å². The summed E-state index contributed by atoms with van der Waals surface area (Å²) in [7, 11) is 1.64. The van der Waals surface area contributed by atoms with Crippen molar-refractivity contribution in [2.24, 2.45) is 0 Å². The largest absolute Gasteiger partial charge is 0.497 e. The second kappa shape index (κ2) is 8.59. The number of rotatable bonds is 7. The van der Waals surface area contributed by atoms with E-state index in [0.717, 1.165) is 38.0 Å². The minimum absolute atomic E-state index is 0.138. The van der Waals surface area contributed by atoms with Crippen LogP contribution in [0.1, 0.15) is 12.6 Å². The van der Waals surface area contributed by atoms with Crippen LogP contribution in [0.2, 0.25) is 0 Å². The topological polar surface area (TPSA) is 73.3 Å². The Morgan fingerprint density at radius 1 is 1.10 bits per heavy atom. The van der Waals surface area contributed by atoms with Crippen molar-refractivity contribution in [1.82, 2.24) is 9.97 Å². The molecule has 0 fully saturated rings. The van der Waals surface area contributed by atoms with Crippen LogP contribution in [-0.2, 0) is 11.2 Å². The summed E-state index contributed by atoms with van der Waals surface area (Å²) < 4.78 is 11.7. The summed E-state index contributed by atoms with van der Waals surface area (Å²) in [4.78, 5) is 21.5. The van der Waals surface area contributed by atoms with Gasteiger partial charge < -0.3 is 14.8 Å². The van der Waals surface area contributed by atoms with Gasteiger partial charge in [-0.25, -0.2) is 9.97 Å². The monoisotopic (exact) mass is 425 g/mol. The Hall–Kier alpha value is -2.97. The molecule has 0 saturated heterocycles. The molecular weight excluding hydrogens is 406 g/mol. The fourth-order valence-electron chi connectivity index (χ4n) is 2.80. The Labute approximate surface area is 176 Å². The third-order valence-corrected chi connectivity index (χ3v) is 6.02. The van der Waals surface area contributed by atoms with Crippen molar-refractivity contribution < 1.29 is 14.3 Å². The van der Waals surface area contributed by atoms with Crippen LogP contribution in [0.5, 0.6) is 11.5 Å². The van der Waals surface area contributed by atoms with Gasteiger partial charge in [-0.15, -0.1) is 11.3 Å². The summed E-state index contributed by atoms with van der Waals surface area (Å²) in [5.41, 5.74) is 2.57. The van der Waals surface area contributed by atoms with Gasteiger partial charge in [0.2, 0.25) is 5.91 Å². The number of hydrogen-bond acceptors (Lipinski definition) is 7. The highest BCUT2D eigenvalue weighted by atomic mass is 32.1. The van der Waals surface area contributed by atoms with Gasteiger partial charge in [-0.1, -0.05) is 11.3 Å². The second-order valence-corrected chi connectivity index (χ2v) is 8.07. The highest BCUT2D eigenvalue weighted by molar-refractivity contribution is 7.22. The van der Waals surface area contributed by atoms with E-state index in [-0.39, 0.29) is 12.3 Å². The predicted molar refractivity (Wildman–Crippen MR) is 117 cm³/mol. The summed E-state index contributed by atoms with van der Waals surface area (Å²) in [5.74, 6) is 1.46. The Morgan fingerprint density at radius 2 is 1.90 bits per heavy atom. The van der Waals surface area contributed by atoms with Crippen molar-refractivity contribution in [3.8, 4) is 22.1 Å². The fourth-order valence-corrected chi connectivity index (χ4v) is 4.53. The van der Waals surface area contributed by atoms with Crippen molar-refractivity contribution in [2.45, 2.75) is 13.3 Å². The zero-order chi connectivity index (χ0) is 20.2. The standard InChI is InChI=1S/C21H19N3O3S2/c1-3-27-16-8-9-17-18(11-16)29-21(23-17)24-19(25)10-14-12-28-20(22-14)13-4-6-15(26-2)7-5-13/h4-9,11-12H,3,10H2,1-2H3,(H,23,24,25). The first-order valence-corrected chi connectivity index (χ1v) is 10.8. The van der Waals surface area contributed by atoms with Gasteiger partial charge in [0.1, 0.15) is 16.5 Å². The van der Waals surface area contributed by atoms with E-state index >= 15 is 0 Å². The van der Waals surface area contributed by atoms with E-state index in [1.54, 1.807) is 7.11 Å². The number of aromatic nitrogens is 2. The van der Waals surface area contributed by atoms with Crippen molar-refractivity contribution in [3.63, 3.8) is 0 Å². The molecule has 4 aromatic rings. The Bertz CT molecular complexity index is 1140. The average Bonchev–Trinajstić information content (AvgIpc) is 3.34. The molecule has 0 bridgehead atoms. The van der Waals surface area contributed by atoms with Gasteiger partial charge in [0, 0.05) is 10.9 Å². The quantitative estimate of drug-likeness (QED) is 0.451. The summed E-state index contributed by atoms with van der Waals surface area (Å²) in [6, 6.07) is 13.4. The number of hydrogen-bond donors (Lipinski definition) is 1. The van der Waals surface area contributed by atoms with Crippen LogP contribution < -0.4 is 14.8 Å². The molecule has 6 nitrogen and oxygen atoms in total. The number of carbonyl (C=O) groups excluding carboxylic acids is 1. The zero-order valence-electron chi connectivity index (χ0n) is 16.0. The first kappa shape index (κ1) is 19.4. The number of benzene rings is 2. The van der Waals surface area contributed by atoms with Crippen molar-refractivity contribution in [2.75, 3.05) is 19.0 Å². The highest BCUT2D eigenvalue weighted by Gasteiger charge is 2.12. The van der Waals surface area contributed by atoms with Gasteiger partial charge in [0.05, 0.1) is 36.0 Å². The molecule has 8 heteroatoms. The van der Waals surface area contributed by atoms with Crippen molar-refractivity contribution >= 4 is 43.9 Å². The third kappa shape index (κ3) is 4.55. The number of amides is 1. The summed E-state index contributed by atoms with van der Waals surface area (Å²) in [6.45, 7) is 2.56. The van der Waals surface area contributed by atoms with E-state index < -0.39 is 0 Å². The Morgan fingerprint density at radius 3 is 2.66 bits per heavy atom. The van der Waals surface area contributed by atoms with Gasteiger partial charge in [0.15, 0.2) is 5.13 Å². The number of fused-ring (bicyclic) bond motifs is 1. The van der Waals surface area contributed by atoms with Crippen LogP contribution in [0.4, 0.5) is 5.13 Å². The van der Waals surface area contributed by atoms with Gasteiger partial charge in [-0.05, 0) is 49.4 Å². The normalized spacial score (nSPS) is 10.8. The van der Waals surface area contributed by atoms with Gasteiger partial charge >= 0.3 is 0 Å². The molecule has 0 saturated carbocycles. The van der Waals surface area contributed by atoms with Crippen LogP contribution in [0.15, 0.2) is 47.8 Å². The molecule has 0 atom stereocenters. The SMILES string of the molecule is CCOc1ccc2nc(NC(=O)Cc3csc(-c4ccc(OC)cc4)n3)sc2c1. The molecule has 2 aromatic carbocycles. The zero-order valence-corrected chi connectivity index (χ0v) is 17.6. The van der Waals surface area contributed by atoms with E-state index in [1.807, 2.05) is 54.8 Å². The summed E-state index contributed by atoms with van der Waals surface area (Å²) in [5, 5.41) is 6.23. The molecule has 0 aliphatic carbocycles. The first-order valence-electron chi connectivity index (χ1n) is 9.06. The molecule has 0 aliphatic rings. The number of methoxy groups -OCH3 is 1. The molecule has 2 aromatic heterocycles. The van der Waals surface area contributed by atoms with Gasteiger partial charge in [0.25, 0.3) is 0 Å². The smallest absolute Gasteiger partial charge is 0.232 e. The van der Waals surface area contributed by atoms with E-state index in [9.17, 15) is 4.79 Å². The number of nitrogens with zero attached hydrogens (tertiary/aromatic N) is 2. The molecule has 148 valence electrons. The first-order chi connectivity index (χ1) is 14.1. The molecule has 1 amide bonds. The lowest BCUT2D eigenvalue weighted by molar-refractivity contribution is -0.115. The lowest BCUT2D eigenvalue weighted by Crippen LogP contribution is -2.14. The van der Waals surface area contributed by atoms with Gasteiger partial charge in [-0.3, -0.25) is 4.79 Å². The Kier molecular flexibility index (Phi) is 5.73. The van der Waals surface area contributed by atoms with Crippen molar-refractivity contribution in [3.05, 3.63) is 53.5 Å². The maximum atomic E-state index is 12.4. The molecule has 1 N–H and O–H groups in total. The summed E-state index contributed by atoms with van der Waals surface area (Å²) in [6.07, 6.45) is 0.201. The number of anilines is 1. The summed E-state index contributed by atoms with van der Waals surface area (Å²) >= 11 is 2.94. The van der Waals surface area contributed by atoms with E-state index in [2.05, 4.69) is 15.3 Å². The van der Waals surface area contributed by atoms with Crippen molar-refractivity contribution in [1.29, 1.82) is 0 Å². The lowest BCUT2D eigenvalue weighted by Gasteiger charge is -2.00. The third-order valence-electron chi connectivity index (χ3n) is 4.15. The maximum absolute atomic E-state index is 12.4. The Balaban J connectivity index is 1.42. The van der Waals surface area contributed by atoms with Crippen LogP contribution in [0, 0.1) is 0 Å². The lowest BCUT2D eigenvalue weighted by atomic mass is 10.2. The van der Waals surface area contributed by atoms with Crippen LogP contribution in [-0.4, -0.2) is 29.6 Å². The number of nitrogens with one attached hydrogen (secondary N) is 1.